The molecule has 1 aromatic carbocycles. The first-order valence-corrected chi connectivity index (χ1v) is 4.43. The first-order chi connectivity index (χ1) is 6.01. The van der Waals surface area contributed by atoms with Crippen LogP contribution in [0.2, 0.25) is 0 Å². The Hall–Kier alpha value is -0.890. The summed E-state index contributed by atoms with van der Waals surface area (Å²) in [5.74, 6) is 0.888. The molecule has 0 saturated heterocycles. The molecule has 0 aliphatic rings. The standard InChI is InChI=1S/C11H17NO.ClH/c1-11(2,3)12-9-5-7-10(13-4)8-6-9;/h5-8,12H,1-4H3;1H. The van der Waals surface area contributed by atoms with E-state index in [1.54, 1.807) is 7.11 Å². The van der Waals surface area contributed by atoms with Crippen LogP contribution in [0.25, 0.3) is 0 Å². The molecule has 0 amide bonds. The number of rotatable bonds is 2. The van der Waals surface area contributed by atoms with Crippen molar-refractivity contribution in [1.29, 1.82) is 0 Å². The smallest absolute Gasteiger partial charge is 0.119 e. The summed E-state index contributed by atoms with van der Waals surface area (Å²) in [4.78, 5) is 0. The zero-order chi connectivity index (χ0) is 9.90. The zero-order valence-electron chi connectivity index (χ0n) is 9.13. The molecule has 0 spiro atoms. The Labute approximate surface area is 92.1 Å². The molecule has 0 aliphatic heterocycles. The van der Waals surface area contributed by atoms with Gasteiger partial charge in [0, 0.05) is 11.2 Å². The van der Waals surface area contributed by atoms with Gasteiger partial charge in [0.25, 0.3) is 0 Å². The summed E-state index contributed by atoms with van der Waals surface area (Å²) in [6.45, 7) is 6.41. The highest BCUT2D eigenvalue weighted by Crippen LogP contribution is 2.18. The Balaban J connectivity index is 0.00000169. The summed E-state index contributed by atoms with van der Waals surface area (Å²) in [7, 11) is 1.67. The van der Waals surface area contributed by atoms with E-state index in [9.17, 15) is 0 Å². The van der Waals surface area contributed by atoms with E-state index >= 15 is 0 Å². The quantitative estimate of drug-likeness (QED) is 0.817. The predicted octanol–water partition coefficient (Wildman–Crippen LogP) is 3.33. The average Bonchev–Trinajstić information content (AvgIpc) is 2.03. The van der Waals surface area contributed by atoms with E-state index in [4.69, 9.17) is 4.74 Å². The highest BCUT2D eigenvalue weighted by atomic mass is 35.5. The summed E-state index contributed by atoms with van der Waals surface area (Å²) in [5, 5.41) is 3.38. The third-order valence-corrected chi connectivity index (χ3v) is 1.61. The molecule has 80 valence electrons. The summed E-state index contributed by atoms with van der Waals surface area (Å²) in [6.07, 6.45) is 0. The zero-order valence-corrected chi connectivity index (χ0v) is 9.94. The van der Waals surface area contributed by atoms with Crippen molar-refractivity contribution in [2.24, 2.45) is 0 Å². The van der Waals surface area contributed by atoms with Gasteiger partial charge >= 0.3 is 0 Å². The Bertz CT molecular complexity index is 264. The molecular weight excluding hydrogens is 198 g/mol. The van der Waals surface area contributed by atoms with E-state index in [1.807, 2.05) is 24.3 Å². The van der Waals surface area contributed by atoms with Crippen molar-refractivity contribution in [2.45, 2.75) is 26.3 Å². The molecule has 0 radical (unpaired) electrons. The van der Waals surface area contributed by atoms with Gasteiger partial charge in [0.1, 0.15) is 5.75 Å². The second kappa shape index (κ2) is 5.11. The number of anilines is 1. The lowest BCUT2D eigenvalue weighted by atomic mass is 10.1. The van der Waals surface area contributed by atoms with Gasteiger partial charge in [0.2, 0.25) is 0 Å². The number of ether oxygens (including phenoxy) is 1. The van der Waals surface area contributed by atoms with Crippen molar-refractivity contribution >= 4 is 18.1 Å². The minimum atomic E-state index is 0. The van der Waals surface area contributed by atoms with Crippen molar-refractivity contribution in [3.05, 3.63) is 24.3 Å². The van der Waals surface area contributed by atoms with E-state index in [0.717, 1.165) is 11.4 Å². The van der Waals surface area contributed by atoms with Crippen molar-refractivity contribution in [3.63, 3.8) is 0 Å². The Morgan fingerprint density at radius 1 is 1.07 bits per heavy atom. The molecule has 14 heavy (non-hydrogen) atoms. The molecule has 0 heterocycles. The number of halogens is 1. The first-order valence-electron chi connectivity index (χ1n) is 4.43. The molecule has 0 atom stereocenters. The van der Waals surface area contributed by atoms with Crippen LogP contribution in [0.4, 0.5) is 5.69 Å². The van der Waals surface area contributed by atoms with Gasteiger partial charge in [-0.2, -0.15) is 0 Å². The molecule has 2 nitrogen and oxygen atoms in total. The number of benzene rings is 1. The molecule has 1 N–H and O–H groups in total. The SMILES string of the molecule is COc1ccc(NC(C)(C)C)cc1.Cl. The van der Waals surface area contributed by atoms with E-state index in [2.05, 4.69) is 26.1 Å². The molecule has 0 fully saturated rings. The molecule has 0 aliphatic carbocycles. The van der Waals surface area contributed by atoms with Gasteiger partial charge < -0.3 is 10.1 Å². The van der Waals surface area contributed by atoms with Gasteiger partial charge in [-0.1, -0.05) is 0 Å². The topological polar surface area (TPSA) is 21.3 Å². The van der Waals surface area contributed by atoms with Crippen molar-refractivity contribution in [2.75, 3.05) is 12.4 Å². The lowest BCUT2D eigenvalue weighted by molar-refractivity contribution is 0.415. The fraction of sp³-hybridized carbons (Fsp3) is 0.455. The van der Waals surface area contributed by atoms with Gasteiger partial charge in [0.05, 0.1) is 7.11 Å². The molecule has 1 aromatic rings. The predicted molar refractivity (Wildman–Crippen MR) is 63.6 cm³/mol. The van der Waals surface area contributed by atoms with Gasteiger partial charge in [0.15, 0.2) is 0 Å². The van der Waals surface area contributed by atoms with Crippen LogP contribution in [-0.2, 0) is 0 Å². The summed E-state index contributed by atoms with van der Waals surface area (Å²) < 4.78 is 5.07. The Kier molecular flexibility index (Phi) is 4.78. The van der Waals surface area contributed by atoms with E-state index in [0.29, 0.717) is 0 Å². The molecular formula is C11H18ClNO. The van der Waals surface area contributed by atoms with Gasteiger partial charge in [-0.05, 0) is 45.0 Å². The average molecular weight is 216 g/mol. The maximum Gasteiger partial charge on any atom is 0.119 e. The molecule has 0 unspecified atom stereocenters. The fourth-order valence-electron chi connectivity index (χ4n) is 1.11. The van der Waals surface area contributed by atoms with Crippen LogP contribution in [-0.4, -0.2) is 12.6 Å². The van der Waals surface area contributed by atoms with Crippen molar-refractivity contribution in [1.82, 2.24) is 0 Å². The highest BCUT2D eigenvalue weighted by molar-refractivity contribution is 5.85. The van der Waals surface area contributed by atoms with Crippen molar-refractivity contribution in [3.8, 4) is 5.75 Å². The highest BCUT2D eigenvalue weighted by Gasteiger charge is 2.08. The van der Waals surface area contributed by atoms with Gasteiger partial charge in [-0.25, -0.2) is 0 Å². The van der Waals surface area contributed by atoms with Crippen LogP contribution in [0.3, 0.4) is 0 Å². The second-order valence-corrected chi connectivity index (χ2v) is 4.10. The summed E-state index contributed by atoms with van der Waals surface area (Å²) in [6, 6.07) is 7.94. The van der Waals surface area contributed by atoms with E-state index in [1.165, 1.54) is 0 Å². The Morgan fingerprint density at radius 3 is 1.93 bits per heavy atom. The van der Waals surface area contributed by atoms with Crippen LogP contribution in [0.5, 0.6) is 5.75 Å². The van der Waals surface area contributed by atoms with Crippen LogP contribution in [0.15, 0.2) is 24.3 Å². The maximum absolute atomic E-state index is 5.07. The first kappa shape index (κ1) is 13.1. The Morgan fingerprint density at radius 2 is 1.57 bits per heavy atom. The van der Waals surface area contributed by atoms with Crippen molar-refractivity contribution < 1.29 is 4.74 Å². The number of nitrogens with one attached hydrogen (secondary N) is 1. The molecule has 1 rings (SSSR count). The monoisotopic (exact) mass is 215 g/mol. The number of hydrogen-bond donors (Lipinski definition) is 1. The lowest BCUT2D eigenvalue weighted by Gasteiger charge is -2.22. The largest absolute Gasteiger partial charge is 0.497 e. The number of hydrogen-bond acceptors (Lipinski definition) is 2. The molecule has 3 heteroatoms. The second-order valence-electron chi connectivity index (χ2n) is 4.10. The van der Waals surface area contributed by atoms with Crippen LogP contribution < -0.4 is 10.1 Å². The van der Waals surface area contributed by atoms with E-state index < -0.39 is 0 Å². The van der Waals surface area contributed by atoms with E-state index in [-0.39, 0.29) is 17.9 Å². The van der Waals surface area contributed by atoms with Crippen LogP contribution in [0.1, 0.15) is 20.8 Å². The van der Waals surface area contributed by atoms with Crippen LogP contribution in [0, 0.1) is 0 Å². The number of methoxy groups -OCH3 is 1. The summed E-state index contributed by atoms with van der Waals surface area (Å²) in [5.41, 5.74) is 1.22. The van der Waals surface area contributed by atoms with Crippen LogP contribution >= 0.6 is 12.4 Å². The maximum atomic E-state index is 5.07. The normalized spacial score (nSPS) is 10.3. The lowest BCUT2D eigenvalue weighted by Crippen LogP contribution is -2.25. The third-order valence-electron chi connectivity index (χ3n) is 1.61. The fourth-order valence-corrected chi connectivity index (χ4v) is 1.11. The minimum absolute atomic E-state index is 0. The molecule has 0 aromatic heterocycles. The van der Waals surface area contributed by atoms with Gasteiger partial charge in [-0.15, -0.1) is 12.4 Å². The third kappa shape index (κ3) is 4.38. The molecule has 0 saturated carbocycles. The summed E-state index contributed by atoms with van der Waals surface area (Å²) >= 11 is 0. The minimum Gasteiger partial charge on any atom is -0.497 e. The van der Waals surface area contributed by atoms with Gasteiger partial charge in [-0.3, -0.25) is 0 Å². The molecule has 0 bridgehead atoms.